The van der Waals surface area contributed by atoms with Gasteiger partial charge in [0.15, 0.2) is 5.82 Å². The van der Waals surface area contributed by atoms with Crippen molar-refractivity contribution < 1.29 is 13.2 Å². The quantitative estimate of drug-likeness (QED) is 0.781. The molecule has 118 valence electrons. The number of nitrogens with zero attached hydrogens (tertiary/aromatic N) is 3. The molecule has 2 unspecified atom stereocenters. The number of hydrazine groups is 2. The highest BCUT2D eigenvalue weighted by Crippen LogP contribution is 2.29. The van der Waals surface area contributed by atoms with Gasteiger partial charge in [-0.2, -0.15) is 24.0 Å². The lowest BCUT2D eigenvalue weighted by atomic mass is 9.99. The average molecular weight is 320 g/mol. The molecule has 1 fully saturated rings. The second-order valence-corrected chi connectivity index (χ2v) is 4.89. The number of halogens is 3. The highest BCUT2D eigenvalue weighted by Gasteiger charge is 2.33. The van der Waals surface area contributed by atoms with Crippen LogP contribution in [0, 0.1) is 11.3 Å². The Balaban J connectivity index is 1.96. The molecule has 0 aliphatic carbocycles. The summed E-state index contributed by atoms with van der Waals surface area (Å²) in [6, 6.07) is 8.80. The maximum atomic E-state index is 12.8. The summed E-state index contributed by atoms with van der Waals surface area (Å²) in [6.45, 7) is 0. The Kier molecular flexibility index (Phi) is 3.96. The van der Waals surface area contributed by atoms with E-state index in [1.54, 1.807) is 24.3 Å². The molecule has 1 aromatic carbocycles. The molecule has 2 heterocycles. The fourth-order valence-electron chi connectivity index (χ4n) is 2.27. The van der Waals surface area contributed by atoms with Crippen molar-refractivity contribution in [2.75, 3.05) is 0 Å². The van der Waals surface area contributed by atoms with Crippen LogP contribution in [0.15, 0.2) is 36.5 Å². The third-order valence-electron chi connectivity index (χ3n) is 3.38. The largest absolute Gasteiger partial charge is 0.433 e. The molecule has 23 heavy (non-hydrogen) atoms. The number of rotatable bonds is 2. The van der Waals surface area contributed by atoms with E-state index in [2.05, 4.69) is 32.4 Å². The van der Waals surface area contributed by atoms with Gasteiger partial charge in [-0.25, -0.2) is 20.8 Å². The molecule has 0 radical (unpaired) electrons. The van der Waals surface area contributed by atoms with Crippen molar-refractivity contribution in [1.29, 1.82) is 5.26 Å². The Morgan fingerprint density at radius 3 is 2.74 bits per heavy atom. The van der Waals surface area contributed by atoms with E-state index in [9.17, 15) is 13.2 Å². The lowest BCUT2D eigenvalue weighted by Crippen LogP contribution is -2.32. The van der Waals surface area contributed by atoms with E-state index in [1.807, 2.05) is 0 Å². The van der Waals surface area contributed by atoms with Crippen molar-refractivity contribution in [2.24, 2.45) is 0 Å². The van der Waals surface area contributed by atoms with Gasteiger partial charge < -0.3 is 0 Å². The molecular formula is C14H11F3N6. The molecule has 2 aromatic rings. The lowest BCUT2D eigenvalue weighted by molar-refractivity contribution is -0.141. The number of benzene rings is 1. The number of hydrogen-bond donors (Lipinski definition) is 3. The molecular weight excluding hydrogens is 309 g/mol. The van der Waals surface area contributed by atoms with Crippen molar-refractivity contribution in [2.45, 2.75) is 18.3 Å². The fourth-order valence-corrected chi connectivity index (χ4v) is 2.27. The summed E-state index contributed by atoms with van der Waals surface area (Å²) in [5, 5.41) is 9.07. The van der Waals surface area contributed by atoms with Crippen LogP contribution >= 0.6 is 0 Å². The third kappa shape index (κ3) is 3.14. The zero-order chi connectivity index (χ0) is 16.4. The smallest absolute Gasteiger partial charge is 0.237 e. The van der Waals surface area contributed by atoms with E-state index >= 15 is 0 Å². The first-order valence-corrected chi connectivity index (χ1v) is 6.65. The maximum Gasteiger partial charge on any atom is 0.433 e. The van der Waals surface area contributed by atoms with Crippen LogP contribution in [-0.2, 0) is 6.18 Å². The summed E-state index contributed by atoms with van der Waals surface area (Å²) in [5.74, 6) is -0.0194. The van der Waals surface area contributed by atoms with Crippen LogP contribution in [0.4, 0.5) is 13.2 Å². The molecule has 0 saturated carbocycles. The van der Waals surface area contributed by atoms with E-state index in [-0.39, 0.29) is 11.9 Å². The van der Waals surface area contributed by atoms with Gasteiger partial charge in [0.25, 0.3) is 0 Å². The van der Waals surface area contributed by atoms with Gasteiger partial charge in [0.1, 0.15) is 11.7 Å². The molecule has 2 atom stereocenters. The minimum atomic E-state index is -4.53. The SMILES string of the molecule is N#CC1NNNC1c1cccc(-c2nccc(C(F)(F)F)n2)c1. The Hall–Kier alpha value is -2.54. The minimum Gasteiger partial charge on any atom is -0.237 e. The number of nitrogens with one attached hydrogen (secondary N) is 3. The number of alkyl halides is 3. The van der Waals surface area contributed by atoms with Crippen molar-refractivity contribution in [3.8, 4) is 17.5 Å². The lowest BCUT2D eigenvalue weighted by Gasteiger charge is -2.13. The number of nitriles is 1. The molecule has 0 bridgehead atoms. The van der Waals surface area contributed by atoms with Gasteiger partial charge in [0.2, 0.25) is 0 Å². The van der Waals surface area contributed by atoms with Crippen LogP contribution in [0.25, 0.3) is 11.4 Å². The molecule has 1 aromatic heterocycles. The second-order valence-electron chi connectivity index (χ2n) is 4.89. The predicted molar refractivity (Wildman–Crippen MR) is 74.0 cm³/mol. The zero-order valence-corrected chi connectivity index (χ0v) is 11.6. The van der Waals surface area contributed by atoms with Gasteiger partial charge in [-0.1, -0.05) is 18.2 Å². The van der Waals surface area contributed by atoms with E-state index in [4.69, 9.17) is 5.26 Å². The molecule has 3 N–H and O–H groups in total. The Morgan fingerprint density at radius 2 is 2.00 bits per heavy atom. The van der Waals surface area contributed by atoms with Gasteiger partial charge in [-0.05, 0) is 17.7 Å². The van der Waals surface area contributed by atoms with Crippen LogP contribution in [0.5, 0.6) is 0 Å². The summed E-state index contributed by atoms with van der Waals surface area (Å²) in [6.07, 6.45) is -3.45. The Bertz CT molecular complexity index is 755. The minimum absolute atomic E-state index is 0.0194. The van der Waals surface area contributed by atoms with Crippen LogP contribution in [0.3, 0.4) is 0 Å². The molecule has 1 aliphatic heterocycles. The van der Waals surface area contributed by atoms with E-state index in [0.29, 0.717) is 5.56 Å². The molecule has 6 nitrogen and oxygen atoms in total. The second kappa shape index (κ2) is 5.92. The van der Waals surface area contributed by atoms with E-state index < -0.39 is 17.9 Å². The van der Waals surface area contributed by atoms with Crippen LogP contribution in [-0.4, -0.2) is 16.0 Å². The van der Waals surface area contributed by atoms with Gasteiger partial charge in [-0.3, -0.25) is 0 Å². The van der Waals surface area contributed by atoms with Gasteiger partial charge >= 0.3 is 6.18 Å². The molecule has 1 saturated heterocycles. The topological polar surface area (TPSA) is 85.7 Å². The molecule has 3 rings (SSSR count). The summed E-state index contributed by atoms with van der Waals surface area (Å²) >= 11 is 0. The number of aromatic nitrogens is 2. The highest BCUT2D eigenvalue weighted by molar-refractivity contribution is 5.56. The zero-order valence-electron chi connectivity index (χ0n) is 11.6. The summed E-state index contributed by atoms with van der Waals surface area (Å²) < 4.78 is 38.3. The molecule has 0 amide bonds. The first-order valence-electron chi connectivity index (χ1n) is 6.65. The normalized spacial score (nSPS) is 21.1. The van der Waals surface area contributed by atoms with Gasteiger partial charge in [0.05, 0.1) is 12.1 Å². The van der Waals surface area contributed by atoms with Crippen LogP contribution in [0.2, 0.25) is 0 Å². The van der Waals surface area contributed by atoms with Gasteiger partial charge in [-0.15, -0.1) is 0 Å². The fraction of sp³-hybridized carbons (Fsp3) is 0.214. The Labute approximate surface area is 129 Å². The van der Waals surface area contributed by atoms with E-state index in [0.717, 1.165) is 17.8 Å². The van der Waals surface area contributed by atoms with Crippen LogP contribution < -0.4 is 16.4 Å². The molecule has 1 aliphatic rings. The van der Waals surface area contributed by atoms with Crippen molar-refractivity contribution in [1.82, 2.24) is 26.4 Å². The number of hydrogen-bond acceptors (Lipinski definition) is 6. The summed E-state index contributed by atoms with van der Waals surface area (Å²) in [7, 11) is 0. The highest BCUT2D eigenvalue weighted by atomic mass is 19.4. The van der Waals surface area contributed by atoms with Crippen molar-refractivity contribution >= 4 is 0 Å². The van der Waals surface area contributed by atoms with Crippen LogP contribution in [0.1, 0.15) is 17.3 Å². The third-order valence-corrected chi connectivity index (χ3v) is 3.38. The standard InChI is InChI=1S/C14H11F3N6/c15-14(16,17)11-4-5-19-13(20-11)9-3-1-2-8(6-9)12-10(7-18)21-23-22-12/h1-6,10,12,21-23H. The molecule has 0 spiro atoms. The van der Waals surface area contributed by atoms with E-state index in [1.165, 1.54) is 0 Å². The van der Waals surface area contributed by atoms with Crippen molar-refractivity contribution in [3.63, 3.8) is 0 Å². The van der Waals surface area contributed by atoms with Gasteiger partial charge in [0, 0.05) is 11.8 Å². The first-order chi connectivity index (χ1) is 11.0. The first kappa shape index (κ1) is 15.4. The monoisotopic (exact) mass is 320 g/mol. The Morgan fingerprint density at radius 1 is 1.17 bits per heavy atom. The molecule has 9 heteroatoms. The van der Waals surface area contributed by atoms with Crippen molar-refractivity contribution in [3.05, 3.63) is 47.8 Å². The summed E-state index contributed by atoms with van der Waals surface area (Å²) in [4.78, 5) is 7.47. The maximum absolute atomic E-state index is 12.8. The average Bonchev–Trinajstić information content (AvgIpc) is 3.03. The predicted octanol–water partition coefficient (Wildman–Crippen LogP) is 1.71. The summed E-state index contributed by atoms with van der Waals surface area (Å²) in [5.41, 5.74) is 8.46.